The highest BCUT2D eigenvalue weighted by atomic mass is 32.1. The number of imidazole rings is 1. The normalized spacial score (nSPS) is 14.7. The van der Waals surface area contributed by atoms with Crippen molar-refractivity contribution in [2.75, 3.05) is 26.2 Å². The molecule has 0 saturated carbocycles. The minimum atomic E-state index is -0.0715. The molecule has 2 aromatic carbocycles. The van der Waals surface area contributed by atoms with E-state index in [0.717, 1.165) is 45.1 Å². The zero-order valence-corrected chi connectivity index (χ0v) is 21.0. The Morgan fingerprint density at radius 2 is 1.78 bits per heavy atom. The van der Waals surface area contributed by atoms with Crippen molar-refractivity contribution in [2.24, 2.45) is 0 Å². The van der Waals surface area contributed by atoms with Crippen LogP contribution in [0.3, 0.4) is 0 Å². The second-order valence-corrected chi connectivity index (χ2v) is 10.4. The topological polar surface area (TPSA) is 87.1 Å². The van der Waals surface area contributed by atoms with Gasteiger partial charge in [0.1, 0.15) is 17.0 Å². The Kier molecular flexibility index (Phi) is 5.66. The molecule has 1 saturated heterocycles. The fourth-order valence-corrected chi connectivity index (χ4v) is 5.86. The molecule has 0 unspecified atom stereocenters. The highest BCUT2D eigenvalue weighted by Crippen LogP contribution is 2.26. The lowest BCUT2D eigenvalue weighted by Crippen LogP contribution is -2.48. The van der Waals surface area contributed by atoms with Crippen molar-refractivity contribution in [1.82, 2.24) is 29.3 Å². The number of hydrogen-bond donors (Lipinski definition) is 1. The summed E-state index contributed by atoms with van der Waals surface area (Å²) in [5.74, 6) is 0.713. The quantitative estimate of drug-likeness (QED) is 0.406. The van der Waals surface area contributed by atoms with Gasteiger partial charge in [-0.05, 0) is 55.8 Å². The molecule has 0 spiro atoms. The predicted molar refractivity (Wildman–Crippen MR) is 142 cm³/mol. The van der Waals surface area contributed by atoms with Crippen LogP contribution in [-0.2, 0) is 6.54 Å². The zero-order valence-electron chi connectivity index (χ0n) is 20.2. The molecule has 3 aromatic heterocycles. The summed E-state index contributed by atoms with van der Waals surface area (Å²) in [5.41, 5.74) is 4.56. The van der Waals surface area contributed by atoms with Crippen LogP contribution in [0.4, 0.5) is 0 Å². The van der Waals surface area contributed by atoms with E-state index in [-0.39, 0.29) is 11.5 Å². The van der Waals surface area contributed by atoms with Gasteiger partial charge in [-0.1, -0.05) is 12.1 Å². The molecule has 1 aliphatic rings. The monoisotopic (exact) mass is 498 g/mol. The summed E-state index contributed by atoms with van der Waals surface area (Å²) in [4.78, 5) is 43.8. The smallest absolute Gasteiger partial charge is 0.259 e. The molecule has 36 heavy (non-hydrogen) atoms. The van der Waals surface area contributed by atoms with Crippen LogP contribution < -0.4 is 5.56 Å². The maximum atomic E-state index is 13.1. The van der Waals surface area contributed by atoms with E-state index >= 15 is 0 Å². The van der Waals surface area contributed by atoms with E-state index in [1.165, 1.54) is 0 Å². The molecule has 1 N–H and O–H groups in total. The Morgan fingerprint density at radius 1 is 1.03 bits per heavy atom. The largest absolute Gasteiger partial charge is 0.336 e. The van der Waals surface area contributed by atoms with Gasteiger partial charge in [0.15, 0.2) is 0 Å². The van der Waals surface area contributed by atoms with Gasteiger partial charge in [0.2, 0.25) is 0 Å². The van der Waals surface area contributed by atoms with E-state index in [0.29, 0.717) is 36.4 Å². The highest BCUT2D eigenvalue weighted by molar-refractivity contribution is 7.18. The van der Waals surface area contributed by atoms with Crippen LogP contribution in [0.1, 0.15) is 26.6 Å². The predicted octanol–water partition coefficient (Wildman–Crippen LogP) is 3.90. The molecule has 5 aromatic rings. The third-order valence-electron chi connectivity index (χ3n) is 6.97. The SMILES string of the molecule is Cc1sc2nc(CN3CCN(C(=O)c4ccc(-n5cnc6ccccc65)cc4)CC3)[nH]c(=O)c2c1C. The Hall–Kier alpha value is -3.82. The average molecular weight is 499 g/mol. The Morgan fingerprint density at radius 3 is 2.56 bits per heavy atom. The first-order valence-electron chi connectivity index (χ1n) is 12.0. The first kappa shape index (κ1) is 22.6. The van der Waals surface area contributed by atoms with E-state index in [9.17, 15) is 9.59 Å². The van der Waals surface area contributed by atoms with Crippen LogP contribution in [0.15, 0.2) is 59.7 Å². The number of para-hydroxylation sites is 2. The minimum Gasteiger partial charge on any atom is -0.336 e. The summed E-state index contributed by atoms with van der Waals surface area (Å²) < 4.78 is 2.02. The van der Waals surface area contributed by atoms with Crippen LogP contribution >= 0.6 is 11.3 Å². The summed E-state index contributed by atoms with van der Waals surface area (Å²) in [5, 5.41) is 0.698. The maximum absolute atomic E-state index is 13.1. The highest BCUT2D eigenvalue weighted by Gasteiger charge is 2.23. The fourth-order valence-electron chi connectivity index (χ4n) is 4.81. The molecule has 0 atom stereocenters. The van der Waals surface area contributed by atoms with Crippen molar-refractivity contribution in [3.8, 4) is 5.69 Å². The third-order valence-corrected chi connectivity index (χ3v) is 8.07. The maximum Gasteiger partial charge on any atom is 0.259 e. The van der Waals surface area contributed by atoms with Crippen LogP contribution in [-0.4, -0.2) is 61.4 Å². The van der Waals surface area contributed by atoms with Gasteiger partial charge in [0, 0.05) is 42.3 Å². The van der Waals surface area contributed by atoms with E-state index in [1.807, 2.05) is 71.8 Å². The molecule has 9 heteroatoms. The number of aryl methyl sites for hydroxylation is 2. The lowest BCUT2D eigenvalue weighted by molar-refractivity contribution is 0.0625. The molecular formula is C27H26N6O2S. The average Bonchev–Trinajstić information content (AvgIpc) is 3.45. The molecule has 8 nitrogen and oxygen atoms in total. The van der Waals surface area contributed by atoms with Gasteiger partial charge in [-0.15, -0.1) is 11.3 Å². The van der Waals surface area contributed by atoms with Gasteiger partial charge in [0.25, 0.3) is 11.5 Å². The van der Waals surface area contributed by atoms with E-state index < -0.39 is 0 Å². The lowest BCUT2D eigenvalue weighted by atomic mass is 10.1. The molecule has 1 fully saturated rings. The van der Waals surface area contributed by atoms with Gasteiger partial charge in [-0.25, -0.2) is 9.97 Å². The number of aromatic amines is 1. The van der Waals surface area contributed by atoms with Crippen LogP contribution in [0.5, 0.6) is 0 Å². The summed E-state index contributed by atoms with van der Waals surface area (Å²) in [7, 11) is 0. The second-order valence-electron chi connectivity index (χ2n) is 9.19. The molecular weight excluding hydrogens is 472 g/mol. The number of fused-ring (bicyclic) bond motifs is 2. The number of aromatic nitrogens is 4. The molecule has 4 heterocycles. The van der Waals surface area contributed by atoms with E-state index in [2.05, 4.69) is 14.9 Å². The van der Waals surface area contributed by atoms with E-state index in [1.54, 1.807) is 17.7 Å². The zero-order chi connectivity index (χ0) is 24.8. The number of carbonyl (C=O) groups excluding carboxylic acids is 1. The standard InChI is InChI=1S/C27H26N6O2S/c1-17-18(2)36-26-24(17)25(34)29-23(30-26)15-31-11-13-32(14-12-31)27(35)19-7-9-20(10-8-19)33-16-28-21-5-3-4-6-22(21)33/h3-10,16H,11-15H2,1-2H3,(H,29,30,34). The van der Waals surface area contributed by atoms with Crippen molar-refractivity contribution < 1.29 is 4.79 Å². The summed E-state index contributed by atoms with van der Waals surface area (Å²) in [6.07, 6.45) is 1.81. The number of thiophene rings is 1. The van der Waals surface area contributed by atoms with Gasteiger partial charge in [-0.2, -0.15) is 0 Å². The van der Waals surface area contributed by atoms with Crippen molar-refractivity contribution in [1.29, 1.82) is 0 Å². The summed E-state index contributed by atoms with van der Waals surface area (Å²) >= 11 is 1.56. The lowest BCUT2D eigenvalue weighted by Gasteiger charge is -2.34. The van der Waals surface area contributed by atoms with Crippen LogP contribution in [0.25, 0.3) is 26.9 Å². The molecule has 1 amide bonds. The Labute approximate surface area is 211 Å². The van der Waals surface area contributed by atoms with Crippen molar-refractivity contribution in [3.05, 3.63) is 87.0 Å². The Balaban J connectivity index is 1.11. The van der Waals surface area contributed by atoms with Crippen molar-refractivity contribution in [2.45, 2.75) is 20.4 Å². The number of benzene rings is 2. The van der Waals surface area contributed by atoms with Gasteiger partial charge in [0.05, 0.1) is 23.0 Å². The van der Waals surface area contributed by atoms with Gasteiger partial charge >= 0.3 is 0 Å². The molecule has 0 aliphatic carbocycles. The number of amides is 1. The summed E-state index contributed by atoms with van der Waals surface area (Å²) in [6, 6.07) is 15.7. The van der Waals surface area contributed by atoms with Crippen molar-refractivity contribution in [3.63, 3.8) is 0 Å². The fraction of sp³-hybridized carbons (Fsp3) is 0.259. The van der Waals surface area contributed by atoms with Crippen LogP contribution in [0.2, 0.25) is 0 Å². The molecule has 0 radical (unpaired) electrons. The second kappa shape index (κ2) is 9.00. The number of hydrogen-bond acceptors (Lipinski definition) is 6. The first-order chi connectivity index (χ1) is 17.5. The molecule has 1 aliphatic heterocycles. The number of piperazine rings is 1. The van der Waals surface area contributed by atoms with Gasteiger partial charge in [-0.3, -0.25) is 19.1 Å². The minimum absolute atomic E-state index is 0.0363. The number of nitrogens with one attached hydrogen (secondary N) is 1. The number of rotatable bonds is 4. The van der Waals surface area contributed by atoms with Gasteiger partial charge < -0.3 is 9.88 Å². The summed E-state index contributed by atoms with van der Waals surface area (Å²) in [6.45, 7) is 7.28. The van der Waals surface area contributed by atoms with E-state index in [4.69, 9.17) is 4.98 Å². The first-order valence-corrected chi connectivity index (χ1v) is 12.8. The van der Waals surface area contributed by atoms with Crippen molar-refractivity contribution >= 4 is 38.5 Å². The third kappa shape index (κ3) is 4.00. The number of carbonyl (C=O) groups is 1. The number of H-pyrrole nitrogens is 1. The molecule has 0 bridgehead atoms. The Bertz CT molecular complexity index is 1640. The number of nitrogens with zero attached hydrogens (tertiary/aromatic N) is 5. The van der Waals surface area contributed by atoms with Crippen LogP contribution in [0, 0.1) is 13.8 Å². The molecule has 182 valence electrons. The molecule has 6 rings (SSSR count).